The summed E-state index contributed by atoms with van der Waals surface area (Å²) < 4.78 is 0. The second-order valence-electron chi connectivity index (χ2n) is 4.58. The van der Waals surface area contributed by atoms with E-state index in [-0.39, 0.29) is 11.5 Å². The molecule has 1 aromatic heterocycles. The largest absolute Gasteiger partial charge is 0.398 e. The van der Waals surface area contributed by atoms with Gasteiger partial charge in [-0.2, -0.15) is 0 Å². The van der Waals surface area contributed by atoms with Crippen LogP contribution in [-0.2, 0) is 6.42 Å². The van der Waals surface area contributed by atoms with Crippen molar-refractivity contribution < 1.29 is 9.72 Å². The van der Waals surface area contributed by atoms with Crippen LogP contribution in [0.4, 0.5) is 11.4 Å². The monoisotopic (exact) mass is 257 g/mol. The molecule has 0 fully saturated rings. The number of aryl methyl sites for hydroxylation is 1. The number of carbonyl (C=O) groups excluding carboxylic acids is 1. The number of nitrogens with two attached hydrogens (primary N) is 1. The molecule has 19 heavy (non-hydrogen) atoms. The minimum Gasteiger partial charge on any atom is -0.398 e. The number of benzene rings is 1. The van der Waals surface area contributed by atoms with Crippen LogP contribution in [0.3, 0.4) is 0 Å². The predicted molar refractivity (Wildman–Crippen MR) is 70.1 cm³/mol. The molecule has 1 aliphatic rings. The second kappa shape index (κ2) is 4.01. The van der Waals surface area contributed by atoms with Gasteiger partial charge < -0.3 is 5.73 Å². The number of hydrogen-bond donors (Lipinski definition) is 1. The van der Waals surface area contributed by atoms with Crippen LogP contribution in [0.5, 0.6) is 0 Å². The Kier molecular flexibility index (Phi) is 2.45. The van der Waals surface area contributed by atoms with E-state index in [4.69, 9.17) is 5.73 Å². The summed E-state index contributed by atoms with van der Waals surface area (Å²) in [4.78, 5) is 26.6. The van der Waals surface area contributed by atoms with Gasteiger partial charge >= 0.3 is 0 Å². The molecule has 2 N–H and O–H groups in total. The number of carbonyl (C=O) groups is 1. The summed E-state index contributed by atoms with van der Waals surface area (Å²) in [5.74, 6) is -0.0281. The van der Waals surface area contributed by atoms with Crippen LogP contribution in [0.2, 0.25) is 0 Å². The summed E-state index contributed by atoms with van der Waals surface area (Å²) in [5, 5.41) is 11.3. The predicted octanol–water partition coefficient (Wildman–Crippen LogP) is 2.24. The lowest BCUT2D eigenvalue weighted by atomic mass is 9.92. The number of aromatic nitrogens is 1. The van der Waals surface area contributed by atoms with Crippen molar-refractivity contribution >= 4 is 28.1 Å². The van der Waals surface area contributed by atoms with Gasteiger partial charge in [0.15, 0.2) is 5.78 Å². The molecular formula is C13H11N3O3. The number of non-ortho nitro benzene ring substituents is 1. The maximum atomic E-state index is 11.9. The van der Waals surface area contributed by atoms with E-state index in [0.29, 0.717) is 34.3 Å². The Morgan fingerprint density at radius 2 is 2.11 bits per heavy atom. The van der Waals surface area contributed by atoms with Crippen LogP contribution in [0, 0.1) is 10.1 Å². The van der Waals surface area contributed by atoms with Gasteiger partial charge in [-0.05, 0) is 18.9 Å². The third kappa shape index (κ3) is 1.72. The Balaban J connectivity index is 2.34. The van der Waals surface area contributed by atoms with Crippen LogP contribution in [0.25, 0.3) is 10.9 Å². The highest BCUT2D eigenvalue weighted by Gasteiger charge is 2.23. The molecule has 0 aliphatic heterocycles. The van der Waals surface area contributed by atoms with E-state index in [9.17, 15) is 14.9 Å². The minimum atomic E-state index is -0.486. The maximum Gasteiger partial charge on any atom is 0.270 e. The Morgan fingerprint density at radius 1 is 1.32 bits per heavy atom. The first-order valence-electron chi connectivity index (χ1n) is 5.97. The zero-order valence-corrected chi connectivity index (χ0v) is 10.0. The number of nitro benzene ring substituents is 1. The van der Waals surface area contributed by atoms with Crippen molar-refractivity contribution in [2.75, 3.05) is 5.73 Å². The van der Waals surface area contributed by atoms with Gasteiger partial charge in [-0.25, -0.2) is 0 Å². The first kappa shape index (κ1) is 11.6. The Hall–Kier alpha value is -2.50. The van der Waals surface area contributed by atoms with Gasteiger partial charge in [-0.1, -0.05) is 0 Å². The summed E-state index contributed by atoms with van der Waals surface area (Å²) >= 11 is 0. The van der Waals surface area contributed by atoms with Crippen LogP contribution in [0.15, 0.2) is 18.2 Å². The van der Waals surface area contributed by atoms with Gasteiger partial charge in [0.1, 0.15) is 0 Å². The highest BCUT2D eigenvalue weighted by Crippen LogP contribution is 2.32. The number of ketones is 1. The van der Waals surface area contributed by atoms with Gasteiger partial charge in [-0.3, -0.25) is 19.9 Å². The minimum absolute atomic E-state index is 0.0281. The van der Waals surface area contributed by atoms with E-state index in [1.807, 2.05) is 0 Å². The average Bonchev–Trinajstić information content (AvgIpc) is 2.38. The third-order valence-electron chi connectivity index (χ3n) is 3.39. The number of Topliss-reactive ketones (excluding diaryl/α,β-unsaturated/α-hetero) is 1. The van der Waals surface area contributed by atoms with Crippen molar-refractivity contribution in [3.63, 3.8) is 0 Å². The molecule has 0 saturated heterocycles. The van der Waals surface area contributed by atoms with Crippen molar-refractivity contribution in [3.8, 4) is 0 Å². The number of pyridine rings is 1. The van der Waals surface area contributed by atoms with E-state index in [1.54, 1.807) is 6.07 Å². The molecule has 3 rings (SSSR count). The Labute approximate surface area is 108 Å². The molecule has 6 heteroatoms. The molecule has 0 unspecified atom stereocenters. The zero-order chi connectivity index (χ0) is 13.6. The first-order chi connectivity index (χ1) is 9.08. The van der Waals surface area contributed by atoms with Crippen molar-refractivity contribution in [3.05, 3.63) is 39.6 Å². The fraction of sp³-hybridized carbons (Fsp3) is 0.231. The summed E-state index contributed by atoms with van der Waals surface area (Å²) in [7, 11) is 0. The van der Waals surface area contributed by atoms with Crippen molar-refractivity contribution in [2.45, 2.75) is 19.3 Å². The number of anilines is 1. The normalized spacial score (nSPS) is 14.4. The van der Waals surface area contributed by atoms with Crippen LogP contribution in [0.1, 0.15) is 28.9 Å². The topological polar surface area (TPSA) is 99.1 Å². The highest BCUT2D eigenvalue weighted by atomic mass is 16.6. The van der Waals surface area contributed by atoms with Crippen molar-refractivity contribution in [1.82, 2.24) is 4.98 Å². The Morgan fingerprint density at radius 3 is 2.84 bits per heavy atom. The van der Waals surface area contributed by atoms with Crippen LogP contribution < -0.4 is 5.73 Å². The van der Waals surface area contributed by atoms with Crippen LogP contribution in [-0.4, -0.2) is 15.7 Å². The lowest BCUT2D eigenvalue weighted by molar-refractivity contribution is -0.384. The number of hydrogen-bond acceptors (Lipinski definition) is 5. The van der Waals surface area contributed by atoms with Gasteiger partial charge in [0.2, 0.25) is 0 Å². The van der Waals surface area contributed by atoms with Crippen molar-refractivity contribution in [1.29, 1.82) is 0 Å². The second-order valence-corrected chi connectivity index (χ2v) is 4.58. The SMILES string of the molecule is Nc1c2c(nc3ccc([N+](=O)[O-])cc13)CCCC2=O. The summed E-state index contributed by atoms with van der Waals surface area (Å²) in [6.45, 7) is 0. The Bertz CT molecular complexity index is 725. The van der Waals surface area contributed by atoms with Gasteiger partial charge in [-0.15, -0.1) is 0 Å². The molecule has 1 aliphatic carbocycles. The molecule has 0 amide bonds. The number of nitrogen functional groups attached to an aromatic ring is 1. The molecule has 96 valence electrons. The summed E-state index contributed by atoms with van der Waals surface area (Å²) in [6.07, 6.45) is 1.95. The fourth-order valence-corrected chi connectivity index (χ4v) is 2.48. The van der Waals surface area contributed by atoms with Crippen LogP contribution >= 0.6 is 0 Å². The lowest BCUT2D eigenvalue weighted by Crippen LogP contribution is -2.15. The molecule has 0 saturated carbocycles. The molecule has 6 nitrogen and oxygen atoms in total. The number of fused-ring (bicyclic) bond motifs is 2. The van der Waals surface area contributed by atoms with Gasteiger partial charge in [0.05, 0.1) is 27.4 Å². The first-order valence-corrected chi connectivity index (χ1v) is 5.97. The molecular weight excluding hydrogens is 246 g/mol. The summed E-state index contributed by atoms with van der Waals surface area (Å²) in [6, 6.07) is 4.34. The average molecular weight is 257 g/mol. The number of nitro groups is 1. The number of rotatable bonds is 1. The standard InChI is InChI=1S/C13H11N3O3/c14-13-8-6-7(16(18)19)4-5-9(8)15-10-2-1-3-11(17)12(10)13/h4-6H,1-3H2,(H2,14,15). The highest BCUT2D eigenvalue weighted by molar-refractivity contribution is 6.09. The third-order valence-corrected chi connectivity index (χ3v) is 3.39. The molecule has 0 atom stereocenters. The zero-order valence-electron chi connectivity index (χ0n) is 10.0. The van der Waals surface area contributed by atoms with E-state index < -0.39 is 4.92 Å². The van der Waals surface area contributed by atoms with Gasteiger partial charge in [0, 0.05) is 23.9 Å². The molecule has 1 aromatic carbocycles. The van der Waals surface area contributed by atoms with E-state index in [2.05, 4.69) is 4.98 Å². The van der Waals surface area contributed by atoms with Gasteiger partial charge in [0.25, 0.3) is 5.69 Å². The lowest BCUT2D eigenvalue weighted by Gasteiger charge is -2.17. The quantitative estimate of drug-likeness (QED) is 0.623. The van der Waals surface area contributed by atoms with Crippen molar-refractivity contribution in [2.24, 2.45) is 0 Å². The number of nitrogens with zero attached hydrogens (tertiary/aromatic N) is 2. The van der Waals surface area contributed by atoms with E-state index in [0.717, 1.165) is 12.8 Å². The smallest absolute Gasteiger partial charge is 0.270 e. The molecule has 1 heterocycles. The molecule has 0 radical (unpaired) electrons. The van der Waals surface area contributed by atoms with E-state index in [1.165, 1.54) is 12.1 Å². The molecule has 2 aromatic rings. The molecule has 0 bridgehead atoms. The molecule has 0 spiro atoms. The maximum absolute atomic E-state index is 11.9. The van der Waals surface area contributed by atoms with E-state index >= 15 is 0 Å². The summed E-state index contributed by atoms with van der Waals surface area (Å²) in [5.41, 5.74) is 8.02. The fourth-order valence-electron chi connectivity index (χ4n) is 2.48.